The summed E-state index contributed by atoms with van der Waals surface area (Å²) in [5.74, 6) is 0. The minimum absolute atomic E-state index is 0.107. The molecule has 0 amide bonds. The standard InChI is InChI=1S/C45H32N2S/c1-5-30-36-24-29(25-37-33-14-8-11-17-41(33)47(44(36)37)40(30)6-2)46(27-20-22-43-35(23-27)34-15-9-12-18-42(34)48-43)28-19-21-32-31-13-7-10-16-38(31)45(3,4)39(32)26-28/h5-26H,1-2H2,3-4H3. The molecule has 0 saturated carbocycles. The predicted octanol–water partition coefficient (Wildman–Crippen LogP) is 13.1. The van der Waals surface area contributed by atoms with Gasteiger partial charge in [0.2, 0.25) is 0 Å². The molecule has 3 heterocycles. The van der Waals surface area contributed by atoms with Crippen LogP contribution in [0.15, 0.2) is 134 Å². The molecular formula is C45H32N2S. The van der Waals surface area contributed by atoms with Gasteiger partial charge in [-0.3, -0.25) is 0 Å². The number of hydrogen-bond acceptors (Lipinski definition) is 2. The molecule has 228 valence electrons. The van der Waals surface area contributed by atoms with Crippen LogP contribution in [0, 0.1) is 0 Å². The largest absolute Gasteiger partial charge is 0.310 e. The van der Waals surface area contributed by atoms with Crippen molar-refractivity contribution in [3.63, 3.8) is 0 Å². The van der Waals surface area contributed by atoms with Gasteiger partial charge in [0.25, 0.3) is 0 Å². The molecule has 0 radical (unpaired) electrons. The topological polar surface area (TPSA) is 7.65 Å². The minimum Gasteiger partial charge on any atom is -0.310 e. The second-order valence-electron chi connectivity index (χ2n) is 13.5. The highest BCUT2D eigenvalue weighted by Crippen LogP contribution is 2.52. The normalized spacial score (nSPS) is 13.5. The van der Waals surface area contributed by atoms with Crippen LogP contribution in [0.4, 0.5) is 17.1 Å². The minimum atomic E-state index is -0.107. The van der Waals surface area contributed by atoms with Gasteiger partial charge in [-0.15, -0.1) is 11.3 Å². The zero-order chi connectivity index (χ0) is 32.3. The molecule has 0 bridgehead atoms. The quantitative estimate of drug-likeness (QED) is 0.183. The number of aromatic nitrogens is 1. The molecule has 1 aliphatic rings. The molecule has 9 aromatic rings. The van der Waals surface area contributed by atoms with Crippen LogP contribution in [0.3, 0.4) is 0 Å². The highest BCUT2D eigenvalue weighted by Gasteiger charge is 2.36. The Bertz CT molecular complexity index is 2810. The van der Waals surface area contributed by atoms with E-state index in [4.69, 9.17) is 0 Å². The fourth-order valence-corrected chi connectivity index (χ4v) is 9.56. The van der Waals surface area contributed by atoms with Gasteiger partial charge in [-0.05, 0) is 82.9 Å². The van der Waals surface area contributed by atoms with Gasteiger partial charge in [0, 0.05) is 64.4 Å². The Balaban J connectivity index is 1.29. The van der Waals surface area contributed by atoms with Crippen LogP contribution in [0.25, 0.3) is 70.6 Å². The van der Waals surface area contributed by atoms with Crippen molar-refractivity contribution >= 4 is 87.9 Å². The number of fused-ring (bicyclic) bond motifs is 9. The van der Waals surface area contributed by atoms with E-state index in [1.165, 1.54) is 69.6 Å². The van der Waals surface area contributed by atoms with E-state index in [0.29, 0.717) is 0 Å². The lowest BCUT2D eigenvalue weighted by Gasteiger charge is -2.28. The number of para-hydroxylation sites is 1. The van der Waals surface area contributed by atoms with Crippen molar-refractivity contribution in [3.05, 3.63) is 157 Å². The summed E-state index contributed by atoms with van der Waals surface area (Å²) >= 11 is 1.86. The molecule has 0 fully saturated rings. The summed E-state index contributed by atoms with van der Waals surface area (Å²) < 4.78 is 4.97. The Morgan fingerprint density at radius 3 is 2.10 bits per heavy atom. The highest BCUT2D eigenvalue weighted by atomic mass is 32.1. The Hall–Kier alpha value is -5.64. The van der Waals surface area contributed by atoms with Gasteiger partial charge < -0.3 is 9.30 Å². The summed E-state index contributed by atoms with van der Waals surface area (Å²) in [7, 11) is 0. The zero-order valence-corrected chi connectivity index (χ0v) is 27.7. The van der Waals surface area contributed by atoms with Crippen LogP contribution in [0.2, 0.25) is 0 Å². The summed E-state index contributed by atoms with van der Waals surface area (Å²) in [5.41, 5.74) is 13.3. The number of anilines is 3. The molecule has 6 aromatic carbocycles. The molecule has 0 aliphatic heterocycles. The first kappa shape index (κ1) is 27.5. The van der Waals surface area contributed by atoms with Crippen LogP contribution >= 0.6 is 11.3 Å². The maximum absolute atomic E-state index is 4.26. The van der Waals surface area contributed by atoms with Crippen LogP contribution in [-0.4, -0.2) is 4.40 Å². The summed E-state index contributed by atoms with van der Waals surface area (Å²) in [4.78, 5) is 2.46. The second-order valence-corrected chi connectivity index (χ2v) is 14.5. The fraction of sp³-hybridized carbons (Fsp3) is 0.0667. The third-order valence-corrected chi connectivity index (χ3v) is 11.8. The number of nitrogens with zero attached hydrogens (tertiary/aromatic N) is 2. The van der Waals surface area contributed by atoms with Gasteiger partial charge in [-0.2, -0.15) is 0 Å². The van der Waals surface area contributed by atoms with E-state index in [0.717, 1.165) is 28.3 Å². The van der Waals surface area contributed by atoms with Crippen LogP contribution in [0.1, 0.15) is 36.2 Å². The van der Waals surface area contributed by atoms with E-state index in [2.05, 4.69) is 158 Å². The lowest BCUT2D eigenvalue weighted by atomic mass is 9.82. The van der Waals surface area contributed by atoms with Gasteiger partial charge in [0.15, 0.2) is 0 Å². The van der Waals surface area contributed by atoms with Gasteiger partial charge in [0.1, 0.15) is 0 Å². The van der Waals surface area contributed by atoms with Crippen molar-refractivity contribution in [1.82, 2.24) is 4.40 Å². The molecular weight excluding hydrogens is 601 g/mol. The van der Waals surface area contributed by atoms with E-state index >= 15 is 0 Å². The molecule has 0 saturated heterocycles. The number of benzene rings is 6. The summed E-state index contributed by atoms with van der Waals surface area (Å²) in [6.45, 7) is 13.2. The van der Waals surface area contributed by atoms with Crippen molar-refractivity contribution in [3.8, 4) is 11.1 Å². The average Bonchev–Trinajstić information content (AvgIpc) is 3.82. The Morgan fingerprint density at radius 1 is 0.583 bits per heavy atom. The molecule has 3 aromatic heterocycles. The molecule has 0 unspecified atom stereocenters. The van der Waals surface area contributed by atoms with E-state index < -0.39 is 0 Å². The molecule has 2 nitrogen and oxygen atoms in total. The first-order valence-electron chi connectivity index (χ1n) is 16.5. The SMILES string of the molecule is C=Cc1c(C=C)n2c3ccccc3c3cc(N(c4ccc5c(c4)C(C)(C)c4ccccc4-5)c4ccc5sc6ccccc6c5c4)cc1c32. The lowest BCUT2D eigenvalue weighted by molar-refractivity contribution is 0.660. The van der Waals surface area contributed by atoms with Gasteiger partial charge >= 0.3 is 0 Å². The maximum Gasteiger partial charge on any atom is 0.0622 e. The van der Waals surface area contributed by atoms with Crippen LogP contribution in [0.5, 0.6) is 0 Å². The van der Waals surface area contributed by atoms with Crippen molar-refractivity contribution in [2.45, 2.75) is 19.3 Å². The molecule has 0 N–H and O–H groups in total. The number of hydrogen-bond donors (Lipinski definition) is 0. The van der Waals surface area contributed by atoms with Crippen LogP contribution in [-0.2, 0) is 5.41 Å². The third-order valence-electron chi connectivity index (χ3n) is 10.7. The van der Waals surface area contributed by atoms with Gasteiger partial charge in [-0.1, -0.05) is 99.8 Å². The molecule has 1 aliphatic carbocycles. The second kappa shape index (κ2) is 9.70. The van der Waals surface area contributed by atoms with Gasteiger partial charge in [0.05, 0.1) is 16.7 Å². The lowest BCUT2D eigenvalue weighted by Crippen LogP contribution is -2.16. The Kier molecular flexibility index (Phi) is 5.55. The van der Waals surface area contributed by atoms with E-state index in [1.54, 1.807) is 0 Å². The molecule has 0 spiro atoms. The van der Waals surface area contributed by atoms with E-state index in [-0.39, 0.29) is 5.41 Å². The zero-order valence-electron chi connectivity index (χ0n) is 26.9. The monoisotopic (exact) mass is 632 g/mol. The third kappa shape index (κ3) is 3.52. The van der Waals surface area contributed by atoms with Crippen molar-refractivity contribution in [2.75, 3.05) is 4.90 Å². The van der Waals surface area contributed by atoms with Crippen molar-refractivity contribution in [1.29, 1.82) is 0 Å². The number of rotatable bonds is 5. The van der Waals surface area contributed by atoms with E-state index in [9.17, 15) is 0 Å². The van der Waals surface area contributed by atoms with Crippen LogP contribution < -0.4 is 4.90 Å². The predicted molar refractivity (Wildman–Crippen MR) is 209 cm³/mol. The summed E-state index contributed by atoms with van der Waals surface area (Å²) in [6, 6.07) is 45.1. The Labute approximate surface area is 283 Å². The first-order chi connectivity index (χ1) is 23.5. The molecule has 3 heteroatoms. The molecule has 0 atom stereocenters. The van der Waals surface area contributed by atoms with Crippen molar-refractivity contribution in [2.24, 2.45) is 0 Å². The summed E-state index contributed by atoms with van der Waals surface area (Å²) in [5, 5.41) is 6.24. The number of thiophene rings is 1. The molecule has 48 heavy (non-hydrogen) atoms. The first-order valence-corrected chi connectivity index (χ1v) is 17.3. The maximum atomic E-state index is 4.26. The van der Waals surface area contributed by atoms with E-state index in [1.807, 2.05) is 23.5 Å². The Morgan fingerprint density at radius 2 is 1.25 bits per heavy atom. The molecule has 10 rings (SSSR count). The average molecular weight is 633 g/mol. The van der Waals surface area contributed by atoms with Crippen molar-refractivity contribution < 1.29 is 0 Å². The highest BCUT2D eigenvalue weighted by molar-refractivity contribution is 7.25. The smallest absolute Gasteiger partial charge is 0.0622 e. The summed E-state index contributed by atoms with van der Waals surface area (Å²) in [6.07, 6.45) is 3.95. The fourth-order valence-electron chi connectivity index (χ4n) is 8.47. The van der Waals surface area contributed by atoms with Gasteiger partial charge in [-0.25, -0.2) is 0 Å².